The quantitative estimate of drug-likeness (QED) is 0.256. The van der Waals surface area contributed by atoms with Gasteiger partial charge in [-0.3, -0.25) is 4.99 Å². The number of sulfone groups is 1. The largest absolute Gasteiger partial charge is 0.492 e. The van der Waals surface area contributed by atoms with Crippen LogP contribution in [0.25, 0.3) is 0 Å². The first kappa shape index (κ1) is 24.2. The Morgan fingerprint density at radius 3 is 2.32 bits per heavy atom. The summed E-state index contributed by atoms with van der Waals surface area (Å²) in [7, 11) is -1.49. The first-order valence-corrected chi connectivity index (χ1v) is 10.6. The Labute approximate surface area is 184 Å². The summed E-state index contributed by atoms with van der Waals surface area (Å²) in [6.07, 6.45) is 1.22. The predicted octanol–water partition coefficient (Wildman–Crippen LogP) is 3.07. The molecule has 0 atom stereocenters. The second-order valence-electron chi connectivity index (χ2n) is 6.39. The van der Waals surface area contributed by atoms with Crippen molar-refractivity contribution in [3.63, 3.8) is 0 Å². The maximum Gasteiger partial charge on any atom is 0.191 e. The Morgan fingerprint density at radius 1 is 1.07 bits per heavy atom. The lowest BCUT2D eigenvalue weighted by atomic mass is 10.1. The molecule has 0 spiro atoms. The Balaban J connectivity index is 0.00000392. The number of benzene rings is 2. The molecule has 0 saturated carbocycles. The Morgan fingerprint density at radius 2 is 1.75 bits per heavy atom. The van der Waals surface area contributed by atoms with Crippen LogP contribution in [0.15, 0.2) is 52.4 Å². The van der Waals surface area contributed by atoms with E-state index < -0.39 is 9.84 Å². The van der Waals surface area contributed by atoms with Crippen molar-refractivity contribution in [1.29, 1.82) is 0 Å². The van der Waals surface area contributed by atoms with Gasteiger partial charge in [0, 0.05) is 19.8 Å². The molecule has 0 bridgehead atoms. The van der Waals surface area contributed by atoms with Crippen molar-refractivity contribution in [2.24, 2.45) is 4.99 Å². The minimum Gasteiger partial charge on any atom is -0.492 e. The highest BCUT2D eigenvalue weighted by Crippen LogP contribution is 2.16. The molecule has 0 saturated heterocycles. The molecular formula is C20H28IN3O3S. The summed E-state index contributed by atoms with van der Waals surface area (Å²) in [6.45, 7) is 5.52. The molecule has 0 aromatic heterocycles. The number of aliphatic imine (C=N–C) groups is 1. The number of hydrogen-bond acceptors (Lipinski definition) is 4. The maximum atomic E-state index is 11.7. The highest BCUT2D eigenvalue weighted by molar-refractivity contribution is 14.0. The van der Waals surface area contributed by atoms with Gasteiger partial charge in [0.2, 0.25) is 0 Å². The molecule has 2 aromatic rings. The van der Waals surface area contributed by atoms with Crippen LogP contribution in [0, 0.1) is 13.8 Å². The molecule has 0 radical (unpaired) electrons. The first-order chi connectivity index (χ1) is 12.8. The number of aryl methyl sites for hydroxylation is 2. The molecule has 2 N–H and O–H groups in total. The van der Waals surface area contributed by atoms with E-state index in [2.05, 4.69) is 15.6 Å². The second kappa shape index (κ2) is 11.3. The maximum absolute atomic E-state index is 11.7. The zero-order valence-electron chi connectivity index (χ0n) is 16.7. The van der Waals surface area contributed by atoms with Gasteiger partial charge in [0.05, 0.1) is 11.4 Å². The fraction of sp³-hybridized carbons (Fsp3) is 0.350. The third-order valence-electron chi connectivity index (χ3n) is 4.01. The highest BCUT2D eigenvalue weighted by atomic mass is 127. The molecule has 0 aliphatic heterocycles. The molecule has 28 heavy (non-hydrogen) atoms. The van der Waals surface area contributed by atoms with E-state index in [-0.39, 0.29) is 24.0 Å². The van der Waals surface area contributed by atoms with E-state index in [9.17, 15) is 8.42 Å². The van der Waals surface area contributed by atoms with Crippen LogP contribution >= 0.6 is 24.0 Å². The van der Waals surface area contributed by atoms with Crippen molar-refractivity contribution in [1.82, 2.24) is 10.6 Å². The molecule has 0 fully saturated rings. The van der Waals surface area contributed by atoms with Crippen molar-refractivity contribution in [3.8, 4) is 5.75 Å². The van der Waals surface area contributed by atoms with Gasteiger partial charge in [-0.1, -0.05) is 29.8 Å². The lowest BCUT2D eigenvalue weighted by Crippen LogP contribution is -2.38. The summed E-state index contributed by atoms with van der Waals surface area (Å²) in [5.41, 5.74) is 2.93. The molecule has 0 aliphatic rings. The highest BCUT2D eigenvalue weighted by Gasteiger charge is 2.10. The van der Waals surface area contributed by atoms with Crippen LogP contribution in [0.2, 0.25) is 0 Å². The monoisotopic (exact) mass is 517 g/mol. The third-order valence-corrected chi connectivity index (χ3v) is 5.26. The van der Waals surface area contributed by atoms with Gasteiger partial charge in [0.25, 0.3) is 0 Å². The molecule has 8 heteroatoms. The minimum absolute atomic E-state index is 0. The average Bonchev–Trinajstić information content (AvgIpc) is 2.61. The summed E-state index contributed by atoms with van der Waals surface area (Å²) >= 11 is 0. The summed E-state index contributed by atoms with van der Waals surface area (Å²) < 4.78 is 29.1. The van der Waals surface area contributed by atoms with Crippen molar-refractivity contribution in [2.75, 3.05) is 26.5 Å². The topological polar surface area (TPSA) is 79.8 Å². The fourth-order valence-corrected chi connectivity index (χ4v) is 3.58. The van der Waals surface area contributed by atoms with Gasteiger partial charge >= 0.3 is 0 Å². The van der Waals surface area contributed by atoms with Crippen LogP contribution in [-0.4, -0.2) is 40.8 Å². The molecule has 0 aliphatic carbocycles. The standard InChI is InChI=1S/C20H27N3O3S.HI/c1-15-5-8-18(9-6-15)26-12-11-22-20(21-3)23-14-17-7-10-19(16(2)13-17)27(4,24)25;/h5-10,13H,11-12,14H2,1-4H3,(H2,21,22,23);1H. The molecule has 6 nitrogen and oxygen atoms in total. The number of nitrogens with one attached hydrogen (secondary N) is 2. The number of guanidine groups is 1. The smallest absolute Gasteiger partial charge is 0.191 e. The summed E-state index contributed by atoms with van der Waals surface area (Å²) in [5, 5.41) is 6.40. The fourth-order valence-electron chi connectivity index (χ4n) is 2.62. The molecule has 0 heterocycles. The predicted molar refractivity (Wildman–Crippen MR) is 125 cm³/mol. The second-order valence-corrected chi connectivity index (χ2v) is 8.37. The van der Waals surface area contributed by atoms with Gasteiger partial charge < -0.3 is 15.4 Å². The van der Waals surface area contributed by atoms with E-state index in [0.717, 1.165) is 16.9 Å². The lowest BCUT2D eigenvalue weighted by molar-refractivity contribution is 0.322. The van der Waals surface area contributed by atoms with Crippen LogP contribution in [0.1, 0.15) is 16.7 Å². The number of nitrogens with zero attached hydrogens (tertiary/aromatic N) is 1. The van der Waals surface area contributed by atoms with Crippen molar-refractivity contribution in [3.05, 3.63) is 59.2 Å². The van der Waals surface area contributed by atoms with Crippen LogP contribution < -0.4 is 15.4 Å². The zero-order valence-corrected chi connectivity index (χ0v) is 19.8. The van der Waals surface area contributed by atoms with E-state index >= 15 is 0 Å². The Bertz CT molecular complexity index is 897. The number of ether oxygens (including phenoxy) is 1. The van der Waals surface area contributed by atoms with Gasteiger partial charge in [-0.2, -0.15) is 0 Å². The molecule has 0 unspecified atom stereocenters. The van der Waals surface area contributed by atoms with Gasteiger partial charge in [-0.25, -0.2) is 8.42 Å². The molecule has 2 aromatic carbocycles. The van der Waals surface area contributed by atoms with Crippen LogP contribution in [0.4, 0.5) is 0 Å². The SMILES string of the molecule is CN=C(NCCOc1ccc(C)cc1)NCc1ccc(S(C)(=O)=O)c(C)c1.I. The summed E-state index contributed by atoms with van der Waals surface area (Å²) in [6, 6.07) is 13.3. The van der Waals surface area contributed by atoms with Crippen molar-refractivity contribution < 1.29 is 13.2 Å². The van der Waals surface area contributed by atoms with Gasteiger partial charge in [0.15, 0.2) is 15.8 Å². The van der Waals surface area contributed by atoms with Gasteiger partial charge in [0.1, 0.15) is 12.4 Å². The normalized spacial score (nSPS) is 11.5. The van der Waals surface area contributed by atoms with E-state index in [0.29, 0.717) is 30.6 Å². The number of hydrogen-bond donors (Lipinski definition) is 2. The molecule has 154 valence electrons. The Kier molecular flexibility index (Phi) is 9.74. The molecular weight excluding hydrogens is 489 g/mol. The van der Waals surface area contributed by atoms with E-state index in [1.54, 1.807) is 20.0 Å². The third kappa shape index (κ3) is 7.67. The molecule has 2 rings (SSSR count). The number of rotatable bonds is 7. The van der Waals surface area contributed by atoms with Gasteiger partial charge in [-0.15, -0.1) is 24.0 Å². The Hall–Kier alpha value is -1.81. The van der Waals surface area contributed by atoms with Crippen molar-refractivity contribution in [2.45, 2.75) is 25.3 Å². The lowest BCUT2D eigenvalue weighted by Gasteiger charge is -2.13. The van der Waals surface area contributed by atoms with Crippen LogP contribution in [0.5, 0.6) is 5.75 Å². The summed E-state index contributed by atoms with van der Waals surface area (Å²) in [5.74, 6) is 1.50. The molecule has 0 amide bonds. The van der Waals surface area contributed by atoms with E-state index in [1.165, 1.54) is 11.8 Å². The van der Waals surface area contributed by atoms with Crippen LogP contribution in [0.3, 0.4) is 0 Å². The summed E-state index contributed by atoms with van der Waals surface area (Å²) in [4.78, 5) is 4.54. The van der Waals surface area contributed by atoms with E-state index in [1.807, 2.05) is 43.3 Å². The minimum atomic E-state index is -3.20. The van der Waals surface area contributed by atoms with Gasteiger partial charge in [-0.05, 0) is 43.2 Å². The van der Waals surface area contributed by atoms with Crippen LogP contribution in [-0.2, 0) is 16.4 Å². The average molecular weight is 517 g/mol. The van der Waals surface area contributed by atoms with Crippen molar-refractivity contribution >= 4 is 39.8 Å². The first-order valence-electron chi connectivity index (χ1n) is 8.73. The zero-order chi connectivity index (χ0) is 19.9. The van der Waals surface area contributed by atoms with E-state index in [4.69, 9.17) is 4.74 Å². The number of halogens is 1.